The van der Waals surface area contributed by atoms with Gasteiger partial charge in [-0.15, -0.1) is 16.4 Å². The molecule has 2 aromatic heterocycles. The molecule has 0 fully saturated rings. The third-order valence-electron chi connectivity index (χ3n) is 3.17. The number of rotatable bonds is 5. The van der Waals surface area contributed by atoms with E-state index in [1.807, 2.05) is 12.1 Å². The molecule has 1 amide bonds. The van der Waals surface area contributed by atoms with Crippen molar-refractivity contribution in [1.82, 2.24) is 25.6 Å². The van der Waals surface area contributed by atoms with Gasteiger partial charge in [-0.05, 0) is 24.3 Å². The number of carbonyl (C=O) groups is 1. The van der Waals surface area contributed by atoms with Crippen LogP contribution in [0.1, 0.15) is 15.4 Å². The topological polar surface area (TPSA) is 115 Å². The highest BCUT2D eigenvalue weighted by Crippen LogP contribution is 2.33. The fraction of sp³-hybridized carbons (Fsp3) is 0.214. The van der Waals surface area contributed by atoms with E-state index in [-0.39, 0.29) is 11.9 Å². The number of methoxy groups -OCH3 is 2. The second-order valence-corrected chi connectivity index (χ2v) is 5.72. The number of amides is 1. The van der Waals surface area contributed by atoms with Gasteiger partial charge < -0.3 is 9.47 Å². The van der Waals surface area contributed by atoms with Gasteiger partial charge in [0.1, 0.15) is 21.4 Å². The number of aryl methyl sites for hydroxylation is 1. The number of nitrogens with zero attached hydrogens (tertiary/aromatic N) is 4. The SMILES string of the molecule is COc1cc(OC)cc(-c2nc(C)c(C(=O)Nc3nn[nH]n3)s2)c1. The summed E-state index contributed by atoms with van der Waals surface area (Å²) in [4.78, 5) is 17.2. The Balaban J connectivity index is 1.92. The Morgan fingerprint density at radius 1 is 1.21 bits per heavy atom. The van der Waals surface area contributed by atoms with Crippen molar-refractivity contribution in [2.24, 2.45) is 0 Å². The molecule has 0 unspecified atom stereocenters. The molecule has 0 aliphatic carbocycles. The second-order valence-electron chi connectivity index (χ2n) is 4.72. The highest BCUT2D eigenvalue weighted by Gasteiger charge is 2.18. The third kappa shape index (κ3) is 3.18. The van der Waals surface area contributed by atoms with Crippen molar-refractivity contribution in [3.05, 3.63) is 28.8 Å². The number of tetrazole rings is 1. The van der Waals surface area contributed by atoms with Gasteiger partial charge in [-0.1, -0.05) is 5.10 Å². The lowest BCUT2D eigenvalue weighted by molar-refractivity contribution is 0.102. The summed E-state index contributed by atoms with van der Waals surface area (Å²) in [5.74, 6) is 1.06. The van der Waals surface area contributed by atoms with Gasteiger partial charge in [0.15, 0.2) is 0 Å². The molecule has 24 heavy (non-hydrogen) atoms. The predicted octanol–water partition coefficient (Wildman–Crippen LogP) is 1.90. The van der Waals surface area contributed by atoms with Gasteiger partial charge in [0, 0.05) is 11.6 Å². The summed E-state index contributed by atoms with van der Waals surface area (Å²) in [7, 11) is 3.16. The molecule has 3 rings (SSSR count). The highest BCUT2D eigenvalue weighted by molar-refractivity contribution is 7.17. The van der Waals surface area contributed by atoms with E-state index >= 15 is 0 Å². The first-order chi connectivity index (χ1) is 11.6. The maximum Gasteiger partial charge on any atom is 0.270 e. The van der Waals surface area contributed by atoms with Crippen LogP contribution in [-0.2, 0) is 0 Å². The van der Waals surface area contributed by atoms with Crippen LogP contribution in [0.15, 0.2) is 18.2 Å². The Hall–Kier alpha value is -3.01. The molecule has 0 bridgehead atoms. The molecule has 0 saturated heterocycles. The molecule has 0 spiro atoms. The molecule has 3 aromatic rings. The normalized spacial score (nSPS) is 10.5. The van der Waals surface area contributed by atoms with Crippen molar-refractivity contribution in [1.29, 1.82) is 0 Å². The summed E-state index contributed by atoms with van der Waals surface area (Å²) >= 11 is 1.26. The Bertz CT molecular complexity index is 839. The van der Waals surface area contributed by atoms with Gasteiger partial charge >= 0.3 is 0 Å². The zero-order valence-corrected chi connectivity index (χ0v) is 14.0. The number of aromatic amines is 1. The number of hydrogen-bond donors (Lipinski definition) is 2. The Kier molecular flexibility index (Phi) is 4.38. The molecule has 0 radical (unpaired) electrons. The van der Waals surface area contributed by atoms with E-state index in [0.29, 0.717) is 27.1 Å². The van der Waals surface area contributed by atoms with E-state index in [2.05, 4.69) is 30.9 Å². The molecule has 0 aliphatic heterocycles. The molecule has 9 nitrogen and oxygen atoms in total. The van der Waals surface area contributed by atoms with Crippen LogP contribution in [0.3, 0.4) is 0 Å². The summed E-state index contributed by atoms with van der Waals surface area (Å²) < 4.78 is 10.5. The molecule has 2 heterocycles. The quantitative estimate of drug-likeness (QED) is 0.725. The largest absolute Gasteiger partial charge is 0.497 e. The highest BCUT2D eigenvalue weighted by atomic mass is 32.1. The third-order valence-corrected chi connectivity index (χ3v) is 4.38. The molecule has 1 aromatic carbocycles. The van der Waals surface area contributed by atoms with Gasteiger partial charge in [0.05, 0.1) is 19.9 Å². The molecular formula is C14H14N6O3S. The lowest BCUT2D eigenvalue weighted by Crippen LogP contribution is -2.12. The molecule has 0 aliphatic rings. The minimum absolute atomic E-state index is 0.109. The predicted molar refractivity (Wildman–Crippen MR) is 87.5 cm³/mol. The monoisotopic (exact) mass is 346 g/mol. The summed E-state index contributed by atoms with van der Waals surface area (Å²) in [5.41, 5.74) is 1.41. The number of nitrogens with one attached hydrogen (secondary N) is 2. The number of carbonyl (C=O) groups excluding carboxylic acids is 1. The average molecular weight is 346 g/mol. The average Bonchev–Trinajstić information content (AvgIpc) is 3.23. The maximum atomic E-state index is 12.3. The molecule has 0 saturated carbocycles. The smallest absolute Gasteiger partial charge is 0.270 e. The van der Waals surface area contributed by atoms with Crippen LogP contribution < -0.4 is 14.8 Å². The zero-order valence-electron chi connectivity index (χ0n) is 13.2. The number of aromatic nitrogens is 5. The molecule has 0 atom stereocenters. The van der Waals surface area contributed by atoms with Crippen molar-refractivity contribution in [3.63, 3.8) is 0 Å². The summed E-state index contributed by atoms with van der Waals surface area (Å²) in [5, 5.41) is 16.3. The van der Waals surface area contributed by atoms with Crippen LogP contribution in [0.2, 0.25) is 0 Å². The maximum absolute atomic E-state index is 12.3. The zero-order chi connectivity index (χ0) is 17.1. The van der Waals surface area contributed by atoms with E-state index in [9.17, 15) is 4.79 Å². The summed E-state index contributed by atoms with van der Waals surface area (Å²) in [6.07, 6.45) is 0. The summed E-state index contributed by atoms with van der Waals surface area (Å²) in [6.45, 7) is 1.77. The minimum atomic E-state index is -0.340. The van der Waals surface area contributed by atoms with E-state index < -0.39 is 0 Å². The standard InChI is InChI=1S/C14H14N6O3S/c1-7-11(12(21)16-14-17-19-20-18-14)24-13(15-7)8-4-9(22-2)6-10(5-8)23-3/h4-6H,1-3H3,(H2,16,17,18,19,20,21). The Morgan fingerprint density at radius 2 is 1.92 bits per heavy atom. The molecule has 124 valence electrons. The number of hydrogen-bond acceptors (Lipinski definition) is 8. The molecule has 10 heteroatoms. The van der Waals surface area contributed by atoms with Crippen LogP contribution in [0.5, 0.6) is 11.5 Å². The number of thiazole rings is 1. The van der Waals surface area contributed by atoms with E-state index in [1.54, 1.807) is 27.2 Å². The van der Waals surface area contributed by atoms with Gasteiger partial charge in [-0.25, -0.2) is 4.98 Å². The minimum Gasteiger partial charge on any atom is -0.497 e. The number of H-pyrrole nitrogens is 1. The lowest BCUT2D eigenvalue weighted by atomic mass is 10.2. The number of benzene rings is 1. The van der Waals surface area contributed by atoms with Crippen molar-refractivity contribution in [3.8, 4) is 22.1 Å². The summed E-state index contributed by atoms with van der Waals surface area (Å²) in [6, 6.07) is 5.44. The van der Waals surface area contributed by atoms with E-state index in [0.717, 1.165) is 5.56 Å². The van der Waals surface area contributed by atoms with Crippen LogP contribution in [0.4, 0.5) is 5.95 Å². The first-order valence-corrected chi connectivity index (χ1v) is 7.68. The van der Waals surface area contributed by atoms with Crippen molar-refractivity contribution >= 4 is 23.2 Å². The Labute approximate surface area is 141 Å². The van der Waals surface area contributed by atoms with Gasteiger partial charge in [-0.3, -0.25) is 10.1 Å². The first kappa shape index (κ1) is 15.9. The van der Waals surface area contributed by atoms with E-state index in [4.69, 9.17) is 9.47 Å². The van der Waals surface area contributed by atoms with Crippen LogP contribution in [0, 0.1) is 6.92 Å². The fourth-order valence-electron chi connectivity index (χ4n) is 2.03. The lowest BCUT2D eigenvalue weighted by Gasteiger charge is -2.06. The first-order valence-electron chi connectivity index (χ1n) is 6.86. The second kappa shape index (κ2) is 6.62. The molecule has 2 N–H and O–H groups in total. The van der Waals surface area contributed by atoms with Crippen LogP contribution in [0.25, 0.3) is 10.6 Å². The Morgan fingerprint density at radius 3 is 2.50 bits per heavy atom. The van der Waals surface area contributed by atoms with Crippen LogP contribution in [-0.4, -0.2) is 45.7 Å². The van der Waals surface area contributed by atoms with Crippen molar-refractivity contribution in [2.75, 3.05) is 19.5 Å². The van der Waals surface area contributed by atoms with Gasteiger partial charge in [-0.2, -0.15) is 5.21 Å². The number of anilines is 1. The number of ether oxygens (including phenoxy) is 2. The van der Waals surface area contributed by atoms with Crippen LogP contribution >= 0.6 is 11.3 Å². The molecular weight excluding hydrogens is 332 g/mol. The van der Waals surface area contributed by atoms with Gasteiger partial charge in [0.2, 0.25) is 0 Å². The van der Waals surface area contributed by atoms with Gasteiger partial charge in [0.25, 0.3) is 11.9 Å². The van der Waals surface area contributed by atoms with Crippen molar-refractivity contribution < 1.29 is 14.3 Å². The fourth-order valence-corrected chi connectivity index (χ4v) is 2.98. The van der Waals surface area contributed by atoms with Crippen molar-refractivity contribution in [2.45, 2.75) is 6.92 Å². The van der Waals surface area contributed by atoms with E-state index in [1.165, 1.54) is 11.3 Å².